The Morgan fingerprint density at radius 1 is 0.905 bits per heavy atom. The van der Waals surface area contributed by atoms with E-state index in [1.807, 2.05) is 0 Å². The molecule has 1 unspecified atom stereocenters. The number of hydrogen-bond donors (Lipinski definition) is 1. The van der Waals surface area contributed by atoms with Crippen molar-refractivity contribution in [1.29, 1.82) is 0 Å². The van der Waals surface area contributed by atoms with Crippen molar-refractivity contribution in [3.8, 4) is 0 Å². The highest BCUT2D eigenvalue weighted by Gasteiger charge is 2.73. The van der Waals surface area contributed by atoms with Crippen molar-refractivity contribution >= 4 is 0 Å². The Morgan fingerprint density at radius 3 is 2.00 bits per heavy atom. The molecule has 0 aliphatic rings. The predicted octanol–water partition coefficient (Wildman–Crippen LogP) is 3.85. The van der Waals surface area contributed by atoms with Gasteiger partial charge >= 0.3 is 12.1 Å². The summed E-state index contributed by atoms with van der Waals surface area (Å²) in [4.78, 5) is 0. The number of rotatable bonds is 3. The third-order valence-electron chi connectivity index (χ3n) is 2.95. The van der Waals surface area contributed by atoms with Gasteiger partial charge in [-0.15, -0.1) is 0 Å². The van der Waals surface area contributed by atoms with Gasteiger partial charge in [-0.05, 0) is 18.2 Å². The molecule has 0 amide bonds. The van der Waals surface area contributed by atoms with Gasteiger partial charge in [0.15, 0.2) is 0 Å². The van der Waals surface area contributed by atoms with E-state index in [1.165, 1.54) is 0 Å². The van der Waals surface area contributed by atoms with E-state index >= 15 is 0 Å². The van der Waals surface area contributed by atoms with Gasteiger partial charge in [-0.25, -0.2) is 4.39 Å². The second-order valence-electron chi connectivity index (χ2n) is 4.24. The van der Waals surface area contributed by atoms with Crippen molar-refractivity contribution in [2.45, 2.75) is 17.7 Å². The first-order valence-electron chi connectivity index (χ1n) is 5.58. The van der Waals surface area contributed by atoms with E-state index in [0.717, 1.165) is 24.5 Å². The summed E-state index contributed by atoms with van der Waals surface area (Å²) in [5.74, 6) is -8.20. The zero-order chi connectivity index (χ0) is 15.9. The molecule has 0 aliphatic heterocycles. The molecule has 0 saturated heterocycles. The lowest BCUT2D eigenvalue weighted by atomic mass is 9.84. The number of benzene rings is 1. The zero-order valence-corrected chi connectivity index (χ0v) is 10.2. The predicted molar refractivity (Wildman–Crippen MR) is 59.1 cm³/mol. The first-order chi connectivity index (χ1) is 9.62. The Kier molecular flexibility index (Phi) is 3.53. The number of halogens is 6. The fourth-order valence-corrected chi connectivity index (χ4v) is 1.90. The summed E-state index contributed by atoms with van der Waals surface area (Å²) in [6.07, 6.45) is -5.32. The van der Waals surface area contributed by atoms with Gasteiger partial charge in [0.05, 0.1) is 6.26 Å². The van der Waals surface area contributed by atoms with Crippen LogP contribution in [0.5, 0.6) is 0 Å². The molecule has 2 aromatic rings. The molecule has 0 aliphatic carbocycles. The zero-order valence-electron chi connectivity index (χ0n) is 10.2. The molecular weight excluding hydrogens is 302 g/mol. The smallest absolute Gasteiger partial charge is 0.457 e. The first kappa shape index (κ1) is 15.4. The van der Waals surface area contributed by atoms with E-state index in [1.54, 1.807) is 0 Å². The molecule has 21 heavy (non-hydrogen) atoms. The minimum absolute atomic E-state index is 0.636. The Balaban J connectivity index is 2.77. The highest BCUT2D eigenvalue weighted by atomic mass is 19.4. The van der Waals surface area contributed by atoms with E-state index < -0.39 is 34.8 Å². The van der Waals surface area contributed by atoms with Gasteiger partial charge in [-0.1, -0.05) is 18.2 Å². The quantitative estimate of drug-likeness (QED) is 0.874. The molecule has 1 N–H and O–H groups in total. The van der Waals surface area contributed by atoms with Crippen LogP contribution in [0.4, 0.5) is 26.3 Å². The summed E-state index contributed by atoms with van der Waals surface area (Å²) < 4.78 is 83.8. The molecule has 0 fully saturated rings. The van der Waals surface area contributed by atoms with Crippen LogP contribution in [0.1, 0.15) is 11.3 Å². The van der Waals surface area contributed by atoms with Crippen LogP contribution < -0.4 is 0 Å². The molecule has 2 nitrogen and oxygen atoms in total. The van der Waals surface area contributed by atoms with Crippen molar-refractivity contribution < 1.29 is 35.9 Å². The van der Waals surface area contributed by atoms with Crippen LogP contribution in [-0.2, 0) is 5.60 Å². The van der Waals surface area contributed by atoms with Gasteiger partial charge in [0.25, 0.3) is 0 Å². The Bertz CT molecular complexity index is 620. The largest absolute Gasteiger partial charge is 0.466 e. The molecule has 1 heterocycles. The summed E-state index contributed by atoms with van der Waals surface area (Å²) in [5, 5.41) is 10.1. The SMILES string of the molecule is OC(c1ccco1)(c1ccccc1F)C(F)(F)C(F)(F)F. The number of furan rings is 1. The lowest BCUT2D eigenvalue weighted by molar-refractivity contribution is -0.339. The summed E-state index contributed by atoms with van der Waals surface area (Å²) in [6.45, 7) is 0. The summed E-state index contributed by atoms with van der Waals surface area (Å²) >= 11 is 0. The van der Waals surface area contributed by atoms with Crippen molar-refractivity contribution in [2.24, 2.45) is 0 Å². The highest BCUT2D eigenvalue weighted by molar-refractivity contribution is 5.36. The van der Waals surface area contributed by atoms with Gasteiger partial charge in [0.1, 0.15) is 11.6 Å². The molecule has 1 aromatic heterocycles. The lowest BCUT2D eigenvalue weighted by Crippen LogP contribution is -2.55. The minimum atomic E-state index is -6.11. The average Bonchev–Trinajstić information content (AvgIpc) is 2.91. The summed E-state index contributed by atoms with van der Waals surface area (Å²) in [6, 6.07) is 5.14. The molecule has 1 atom stereocenters. The first-order valence-corrected chi connectivity index (χ1v) is 5.58. The van der Waals surface area contributed by atoms with Crippen LogP contribution >= 0.6 is 0 Å². The standard InChI is InChI=1S/C13H8F6O2/c14-9-5-2-1-4-8(9)11(20,10-6-3-7-21-10)12(15,16)13(17,18)19/h1-7,20H. The van der Waals surface area contributed by atoms with E-state index in [0.29, 0.717) is 18.2 Å². The van der Waals surface area contributed by atoms with E-state index in [9.17, 15) is 31.4 Å². The van der Waals surface area contributed by atoms with Gasteiger partial charge in [0, 0.05) is 5.56 Å². The van der Waals surface area contributed by atoms with Crippen LogP contribution in [0.2, 0.25) is 0 Å². The normalized spacial score (nSPS) is 15.8. The number of aliphatic hydroxyl groups is 1. The van der Waals surface area contributed by atoms with Crippen molar-refractivity contribution in [3.05, 3.63) is 59.8 Å². The Labute approximate surface area is 114 Å². The number of hydrogen-bond acceptors (Lipinski definition) is 2. The maximum atomic E-state index is 13.8. The molecule has 8 heteroatoms. The lowest BCUT2D eigenvalue weighted by Gasteiger charge is -2.35. The molecule has 0 bridgehead atoms. The summed E-state index contributed by atoms with van der Waals surface area (Å²) in [7, 11) is 0. The summed E-state index contributed by atoms with van der Waals surface area (Å²) in [5.41, 5.74) is -5.25. The maximum Gasteiger partial charge on any atom is 0.457 e. The molecule has 0 spiro atoms. The van der Waals surface area contributed by atoms with Crippen LogP contribution in [0.3, 0.4) is 0 Å². The molecule has 1 aromatic carbocycles. The van der Waals surface area contributed by atoms with Crippen molar-refractivity contribution in [2.75, 3.05) is 0 Å². The minimum Gasteiger partial charge on any atom is -0.466 e. The van der Waals surface area contributed by atoms with Crippen LogP contribution in [0, 0.1) is 5.82 Å². The Hall–Kier alpha value is -1.96. The molecule has 114 valence electrons. The third kappa shape index (κ3) is 2.19. The molecule has 0 saturated carbocycles. The van der Waals surface area contributed by atoms with Gasteiger partial charge in [0.2, 0.25) is 5.60 Å². The maximum absolute atomic E-state index is 13.8. The third-order valence-corrected chi connectivity index (χ3v) is 2.95. The van der Waals surface area contributed by atoms with Gasteiger partial charge in [-0.2, -0.15) is 22.0 Å². The van der Waals surface area contributed by atoms with Crippen LogP contribution in [0.15, 0.2) is 47.1 Å². The fourth-order valence-electron chi connectivity index (χ4n) is 1.90. The highest BCUT2D eigenvalue weighted by Crippen LogP contribution is 2.52. The van der Waals surface area contributed by atoms with Gasteiger partial charge < -0.3 is 9.52 Å². The Morgan fingerprint density at radius 2 is 1.52 bits per heavy atom. The van der Waals surface area contributed by atoms with Crippen LogP contribution in [-0.4, -0.2) is 17.2 Å². The second-order valence-corrected chi connectivity index (χ2v) is 4.24. The topological polar surface area (TPSA) is 33.4 Å². The monoisotopic (exact) mass is 310 g/mol. The number of alkyl halides is 5. The van der Waals surface area contributed by atoms with E-state index in [4.69, 9.17) is 0 Å². The van der Waals surface area contributed by atoms with Crippen molar-refractivity contribution in [1.82, 2.24) is 0 Å². The molecular formula is C13H8F6O2. The fraction of sp³-hybridized carbons (Fsp3) is 0.231. The van der Waals surface area contributed by atoms with Gasteiger partial charge in [-0.3, -0.25) is 0 Å². The average molecular weight is 310 g/mol. The van der Waals surface area contributed by atoms with E-state index in [2.05, 4.69) is 4.42 Å². The van der Waals surface area contributed by atoms with Crippen molar-refractivity contribution in [3.63, 3.8) is 0 Å². The van der Waals surface area contributed by atoms with E-state index in [-0.39, 0.29) is 0 Å². The van der Waals surface area contributed by atoms with Crippen LogP contribution in [0.25, 0.3) is 0 Å². The second kappa shape index (κ2) is 4.80. The molecule has 0 radical (unpaired) electrons. The molecule has 2 rings (SSSR count).